The number of unbranched alkanes of at least 4 members (excludes halogenated alkanes) is 12. The maximum absolute atomic E-state index is 11.8. The molecule has 7 nitrogen and oxygen atoms in total. The highest BCUT2D eigenvalue weighted by Crippen LogP contribution is 2.12. The van der Waals surface area contributed by atoms with E-state index < -0.39 is 25.0 Å². The molecule has 0 aromatic rings. The molecule has 0 saturated heterocycles. The molecule has 3 N–H and O–H groups in total. The molecule has 0 rings (SSSR count). The van der Waals surface area contributed by atoms with Crippen LogP contribution in [0, 0.1) is 0 Å². The largest absolute Gasteiger partial charge is 0.480 e. The molecule has 0 fully saturated rings. The average Bonchev–Trinajstić information content (AvgIpc) is 2.57. The van der Waals surface area contributed by atoms with Gasteiger partial charge in [0.2, 0.25) is 5.91 Å². The number of carbonyl (C=O) groups excluding carboxylic acids is 1. The van der Waals surface area contributed by atoms with Gasteiger partial charge in [-0.3, -0.25) is 19.8 Å². The number of rotatable bonds is 19. The summed E-state index contributed by atoms with van der Waals surface area (Å²) in [5.74, 6) is -2.70. The van der Waals surface area contributed by atoms with Crippen molar-refractivity contribution in [2.24, 2.45) is 0 Å². The third-order valence-electron chi connectivity index (χ3n) is 4.44. The van der Waals surface area contributed by atoms with E-state index in [0.717, 1.165) is 24.3 Å². The molecular weight excluding hydrogens is 348 g/mol. The monoisotopic (exact) mass is 386 g/mol. The van der Waals surface area contributed by atoms with Crippen molar-refractivity contribution in [1.82, 2.24) is 10.4 Å². The number of hydrogen-bond acceptors (Lipinski definition) is 4. The van der Waals surface area contributed by atoms with Crippen LogP contribution in [0.2, 0.25) is 0 Å². The number of carboxylic acids is 2. The number of amides is 1. The van der Waals surface area contributed by atoms with Crippen molar-refractivity contribution < 1.29 is 24.6 Å². The van der Waals surface area contributed by atoms with Crippen molar-refractivity contribution in [2.75, 3.05) is 13.1 Å². The average molecular weight is 387 g/mol. The fraction of sp³-hybridized carbons (Fsp3) is 0.850. The Morgan fingerprint density at radius 3 is 1.41 bits per heavy atom. The zero-order valence-corrected chi connectivity index (χ0v) is 16.9. The minimum Gasteiger partial charge on any atom is -0.480 e. The molecule has 0 spiro atoms. The Morgan fingerprint density at radius 1 is 0.667 bits per heavy atom. The zero-order valence-electron chi connectivity index (χ0n) is 16.9. The number of carboxylic acid groups (broad SMARTS) is 2. The van der Waals surface area contributed by atoms with Crippen LogP contribution in [0.25, 0.3) is 0 Å². The van der Waals surface area contributed by atoms with Gasteiger partial charge < -0.3 is 10.2 Å². The van der Waals surface area contributed by atoms with E-state index in [9.17, 15) is 14.4 Å². The molecule has 0 aromatic heterocycles. The first kappa shape index (κ1) is 25.4. The van der Waals surface area contributed by atoms with Gasteiger partial charge in [0, 0.05) is 6.42 Å². The van der Waals surface area contributed by atoms with E-state index in [-0.39, 0.29) is 12.3 Å². The highest BCUT2D eigenvalue weighted by molar-refractivity contribution is 5.77. The minimum absolute atomic E-state index is 0.285. The second-order valence-corrected chi connectivity index (χ2v) is 7.17. The number of nitrogens with one attached hydrogen (secondary N) is 1. The predicted molar refractivity (Wildman–Crippen MR) is 105 cm³/mol. The van der Waals surface area contributed by atoms with Gasteiger partial charge in [-0.2, -0.15) is 5.01 Å². The van der Waals surface area contributed by atoms with Gasteiger partial charge in [0.15, 0.2) is 0 Å². The topological polar surface area (TPSA) is 107 Å². The molecule has 0 bridgehead atoms. The molecule has 0 radical (unpaired) electrons. The summed E-state index contributed by atoms with van der Waals surface area (Å²) in [5.41, 5.74) is 2.36. The fourth-order valence-electron chi connectivity index (χ4n) is 3.00. The standard InChI is InChI=1S/C20H38N2O5/c1-2-3-4-5-6-7-8-9-10-11-12-13-14-15-18(23)21-22(16-19(24)25)17-20(26)27/h2-17H2,1H3,(H,21,23)(H,24,25)(H,26,27). The third kappa shape index (κ3) is 18.9. The van der Waals surface area contributed by atoms with Gasteiger partial charge in [-0.25, -0.2) is 0 Å². The minimum atomic E-state index is -1.18. The van der Waals surface area contributed by atoms with Gasteiger partial charge in [0.1, 0.15) is 13.1 Å². The number of hydrazine groups is 1. The van der Waals surface area contributed by atoms with Crippen LogP contribution >= 0.6 is 0 Å². The SMILES string of the molecule is CCCCCCCCCCCCCCCC(=O)NN(CC(=O)O)CC(=O)O. The Hall–Kier alpha value is -1.63. The summed E-state index contributed by atoms with van der Waals surface area (Å²) in [6, 6.07) is 0. The van der Waals surface area contributed by atoms with E-state index in [4.69, 9.17) is 10.2 Å². The highest BCUT2D eigenvalue weighted by Gasteiger charge is 2.15. The Labute approximate surface area is 163 Å². The van der Waals surface area contributed by atoms with E-state index in [1.165, 1.54) is 64.2 Å². The van der Waals surface area contributed by atoms with Crippen LogP contribution < -0.4 is 5.43 Å². The first-order valence-electron chi connectivity index (χ1n) is 10.4. The summed E-state index contributed by atoms with van der Waals surface area (Å²) in [4.78, 5) is 33.1. The molecule has 1 amide bonds. The van der Waals surface area contributed by atoms with Crippen LogP contribution in [0.15, 0.2) is 0 Å². The van der Waals surface area contributed by atoms with Gasteiger partial charge in [-0.05, 0) is 6.42 Å². The molecule has 0 saturated carbocycles. The lowest BCUT2D eigenvalue weighted by Gasteiger charge is -2.18. The van der Waals surface area contributed by atoms with E-state index in [1.54, 1.807) is 0 Å². The summed E-state index contributed by atoms with van der Waals surface area (Å²) >= 11 is 0. The van der Waals surface area contributed by atoms with Crippen molar-refractivity contribution in [3.63, 3.8) is 0 Å². The maximum atomic E-state index is 11.8. The van der Waals surface area contributed by atoms with Gasteiger partial charge >= 0.3 is 11.9 Å². The molecule has 0 aliphatic heterocycles. The normalized spacial score (nSPS) is 10.9. The first-order valence-corrected chi connectivity index (χ1v) is 10.4. The van der Waals surface area contributed by atoms with Crippen LogP contribution in [0.4, 0.5) is 0 Å². The molecule has 27 heavy (non-hydrogen) atoms. The lowest BCUT2D eigenvalue weighted by Crippen LogP contribution is -2.47. The summed E-state index contributed by atoms with van der Waals surface area (Å²) in [6.45, 7) is 1.17. The molecule has 0 aliphatic carbocycles. The van der Waals surface area contributed by atoms with Gasteiger partial charge in [-0.1, -0.05) is 84.0 Å². The van der Waals surface area contributed by atoms with Gasteiger partial charge in [0.25, 0.3) is 0 Å². The molecule has 0 atom stereocenters. The molecule has 0 unspecified atom stereocenters. The number of nitrogens with zero attached hydrogens (tertiary/aromatic N) is 1. The Morgan fingerprint density at radius 2 is 1.04 bits per heavy atom. The Bertz CT molecular complexity index is 399. The van der Waals surface area contributed by atoms with Crippen molar-refractivity contribution >= 4 is 17.8 Å². The number of hydrogen-bond donors (Lipinski definition) is 3. The van der Waals surface area contributed by atoms with Crippen molar-refractivity contribution in [3.8, 4) is 0 Å². The van der Waals surface area contributed by atoms with Gasteiger partial charge in [0.05, 0.1) is 0 Å². The number of aliphatic carboxylic acids is 2. The van der Waals surface area contributed by atoms with E-state index in [2.05, 4.69) is 12.3 Å². The molecule has 7 heteroatoms. The predicted octanol–water partition coefficient (Wildman–Crippen LogP) is 3.97. The molecular formula is C20H38N2O5. The fourth-order valence-corrected chi connectivity index (χ4v) is 3.00. The van der Waals surface area contributed by atoms with Crippen molar-refractivity contribution in [2.45, 2.75) is 96.8 Å². The molecule has 0 heterocycles. The van der Waals surface area contributed by atoms with Crippen LogP contribution in [0.1, 0.15) is 96.8 Å². The smallest absolute Gasteiger partial charge is 0.319 e. The van der Waals surface area contributed by atoms with Crippen LogP contribution in [0.5, 0.6) is 0 Å². The first-order chi connectivity index (χ1) is 13.0. The summed E-state index contributed by atoms with van der Waals surface area (Å²) in [5, 5.41) is 18.4. The van der Waals surface area contributed by atoms with E-state index in [0.29, 0.717) is 0 Å². The lowest BCUT2D eigenvalue weighted by atomic mass is 10.0. The lowest BCUT2D eigenvalue weighted by molar-refractivity contribution is -0.144. The molecule has 0 aromatic carbocycles. The Balaban J connectivity index is 3.53. The number of carbonyl (C=O) groups is 3. The van der Waals surface area contributed by atoms with Gasteiger partial charge in [-0.15, -0.1) is 0 Å². The maximum Gasteiger partial charge on any atom is 0.319 e. The zero-order chi connectivity index (χ0) is 20.3. The second-order valence-electron chi connectivity index (χ2n) is 7.17. The summed E-state index contributed by atoms with van der Waals surface area (Å²) < 4.78 is 0. The van der Waals surface area contributed by atoms with Crippen molar-refractivity contribution in [3.05, 3.63) is 0 Å². The highest BCUT2D eigenvalue weighted by atomic mass is 16.4. The van der Waals surface area contributed by atoms with Crippen LogP contribution in [0.3, 0.4) is 0 Å². The molecule has 158 valence electrons. The quantitative estimate of drug-likeness (QED) is 0.229. The van der Waals surface area contributed by atoms with E-state index >= 15 is 0 Å². The summed E-state index contributed by atoms with van der Waals surface area (Å²) in [6.07, 6.45) is 16.2. The summed E-state index contributed by atoms with van der Waals surface area (Å²) in [7, 11) is 0. The van der Waals surface area contributed by atoms with Crippen LogP contribution in [-0.2, 0) is 14.4 Å². The second kappa shape index (κ2) is 17.8. The van der Waals surface area contributed by atoms with Crippen LogP contribution in [-0.4, -0.2) is 46.2 Å². The van der Waals surface area contributed by atoms with Crippen molar-refractivity contribution in [1.29, 1.82) is 0 Å². The molecule has 0 aliphatic rings. The Kier molecular flexibility index (Phi) is 16.7. The third-order valence-corrected chi connectivity index (χ3v) is 4.44. The van der Waals surface area contributed by atoms with E-state index in [1.807, 2.05) is 0 Å².